The van der Waals surface area contributed by atoms with Gasteiger partial charge in [-0.3, -0.25) is 0 Å². The van der Waals surface area contributed by atoms with Crippen LogP contribution in [0, 0.1) is 12.8 Å². The Morgan fingerprint density at radius 2 is 1.67 bits per heavy atom. The summed E-state index contributed by atoms with van der Waals surface area (Å²) in [6, 6.07) is 4.06. The Morgan fingerprint density at radius 3 is 2.37 bits per heavy atom. The molecule has 2 saturated heterocycles. The van der Waals surface area contributed by atoms with Gasteiger partial charge in [-0.25, -0.2) is 19.9 Å². The highest BCUT2D eigenvalue weighted by Crippen LogP contribution is 2.24. The van der Waals surface area contributed by atoms with E-state index >= 15 is 0 Å². The van der Waals surface area contributed by atoms with Crippen molar-refractivity contribution >= 4 is 17.5 Å². The minimum Gasteiger partial charge on any atom is -0.396 e. The normalized spacial score (nSPS) is 20.8. The zero-order chi connectivity index (χ0) is 18.6. The molecule has 2 fully saturated rings. The monoisotopic (exact) mass is 369 g/mol. The van der Waals surface area contributed by atoms with Gasteiger partial charge < -0.3 is 19.8 Å². The third kappa shape index (κ3) is 4.10. The van der Waals surface area contributed by atoms with Crippen LogP contribution in [0.15, 0.2) is 24.7 Å². The minimum atomic E-state index is 0.249. The van der Waals surface area contributed by atoms with Crippen molar-refractivity contribution in [3.8, 4) is 0 Å². The van der Waals surface area contributed by atoms with Crippen molar-refractivity contribution in [3.63, 3.8) is 0 Å². The summed E-state index contributed by atoms with van der Waals surface area (Å²) < 4.78 is 0. The van der Waals surface area contributed by atoms with E-state index in [9.17, 15) is 5.11 Å². The van der Waals surface area contributed by atoms with Gasteiger partial charge in [0.05, 0.1) is 0 Å². The maximum Gasteiger partial charge on any atom is 0.134 e. The van der Waals surface area contributed by atoms with Gasteiger partial charge >= 0.3 is 0 Å². The number of aryl methyl sites for hydroxylation is 1. The van der Waals surface area contributed by atoms with Crippen LogP contribution in [-0.4, -0.2) is 70.9 Å². The molecule has 4 heterocycles. The largest absolute Gasteiger partial charge is 0.396 e. The second kappa shape index (κ2) is 8.04. The first-order chi connectivity index (χ1) is 13.2. The molecule has 2 aliphatic rings. The molecule has 0 aromatic carbocycles. The van der Waals surface area contributed by atoms with Gasteiger partial charge in [-0.1, -0.05) is 0 Å². The number of aliphatic hydroxyl groups is 1. The van der Waals surface area contributed by atoms with Gasteiger partial charge in [-0.05, 0) is 31.7 Å². The fraction of sp³-hybridized carbons (Fsp3) is 0.579. The first kappa shape index (κ1) is 17.9. The summed E-state index contributed by atoms with van der Waals surface area (Å²) in [6.45, 7) is 7.65. The van der Waals surface area contributed by atoms with Crippen molar-refractivity contribution in [2.45, 2.75) is 19.8 Å². The molecular weight excluding hydrogens is 342 g/mol. The predicted octanol–water partition coefficient (Wildman–Crippen LogP) is 1.11. The lowest BCUT2D eigenvalue weighted by Crippen LogP contribution is -2.47. The van der Waals surface area contributed by atoms with Gasteiger partial charge in [-0.2, -0.15) is 0 Å². The Morgan fingerprint density at radius 1 is 0.963 bits per heavy atom. The Kier molecular flexibility index (Phi) is 5.33. The summed E-state index contributed by atoms with van der Waals surface area (Å²) in [5.74, 6) is 4.08. The zero-order valence-corrected chi connectivity index (χ0v) is 15.8. The molecule has 1 atom stereocenters. The molecule has 0 radical (unpaired) electrons. The average Bonchev–Trinajstić information content (AvgIpc) is 2.74. The van der Waals surface area contributed by atoms with Crippen LogP contribution in [0.25, 0.3) is 0 Å². The summed E-state index contributed by atoms with van der Waals surface area (Å²) >= 11 is 0. The van der Waals surface area contributed by atoms with Crippen LogP contribution in [0.4, 0.5) is 17.5 Å². The van der Waals surface area contributed by atoms with Gasteiger partial charge in [0.1, 0.15) is 29.6 Å². The highest BCUT2D eigenvalue weighted by molar-refractivity contribution is 5.52. The van der Waals surface area contributed by atoms with E-state index in [4.69, 9.17) is 0 Å². The zero-order valence-electron chi connectivity index (χ0n) is 15.8. The Balaban J connectivity index is 1.41. The van der Waals surface area contributed by atoms with Crippen molar-refractivity contribution in [3.05, 3.63) is 30.5 Å². The molecule has 2 aromatic heterocycles. The molecule has 0 aliphatic carbocycles. The van der Waals surface area contributed by atoms with Crippen LogP contribution in [0.2, 0.25) is 0 Å². The average molecular weight is 369 g/mol. The van der Waals surface area contributed by atoms with E-state index in [0.29, 0.717) is 5.92 Å². The molecule has 8 nitrogen and oxygen atoms in total. The summed E-state index contributed by atoms with van der Waals surface area (Å²) in [4.78, 5) is 24.6. The maximum absolute atomic E-state index is 9.47. The van der Waals surface area contributed by atoms with Crippen molar-refractivity contribution in [2.24, 2.45) is 5.92 Å². The smallest absolute Gasteiger partial charge is 0.134 e. The van der Waals surface area contributed by atoms with E-state index in [-0.39, 0.29) is 6.61 Å². The van der Waals surface area contributed by atoms with Crippen LogP contribution in [0.5, 0.6) is 0 Å². The lowest BCUT2D eigenvalue weighted by Gasteiger charge is -2.37. The van der Waals surface area contributed by atoms with E-state index in [1.807, 2.05) is 19.2 Å². The lowest BCUT2D eigenvalue weighted by atomic mass is 9.99. The van der Waals surface area contributed by atoms with Gasteiger partial charge in [-0.15, -0.1) is 0 Å². The third-order valence-corrected chi connectivity index (χ3v) is 5.43. The molecule has 0 bridgehead atoms. The van der Waals surface area contributed by atoms with Crippen molar-refractivity contribution in [1.29, 1.82) is 0 Å². The number of aromatic nitrogens is 4. The molecule has 1 N–H and O–H groups in total. The number of nitrogens with zero attached hydrogens (tertiary/aromatic N) is 7. The number of aliphatic hydroxyl groups excluding tert-OH is 1. The SMILES string of the molecule is Cc1nccc(N2CCN(c3cc(N4CCCC(CO)C4)ncn3)CC2)n1. The van der Waals surface area contributed by atoms with Crippen molar-refractivity contribution in [1.82, 2.24) is 19.9 Å². The van der Waals surface area contributed by atoms with Crippen LogP contribution >= 0.6 is 0 Å². The molecule has 2 aromatic rings. The molecule has 27 heavy (non-hydrogen) atoms. The Hall–Kier alpha value is -2.48. The van der Waals surface area contributed by atoms with Gasteiger partial charge in [0.15, 0.2) is 0 Å². The van der Waals surface area contributed by atoms with Crippen LogP contribution < -0.4 is 14.7 Å². The number of hydrogen-bond acceptors (Lipinski definition) is 8. The second-order valence-electron chi connectivity index (χ2n) is 7.31. The van der Waals surface area contributed by atoms with Crippen LogP contribution in [0.3, 0.4) is 0 Å². The summed E-state index contributed by atoms with van der Waals surface area (Å²) in [6.07, 6.45) is 5.67. The molecule has 0 amide bonds. The molecule has 4 rings (SSSR count). The third-order valence-electron chi connectivity index (χ3n) is 5.43. The maximum atomic E-state index is 9.47. The molecule has 144 valence electrons. The second-order valence-corrected chi connectivity index (χ2v) is 7.31. The fourth-order valence-corrected chi connectivity index (χ4v) is 3.89. The van der Waals surface area contributed by atoms with E-state index in [2.05, 4.69) is 40.7 Å². The molecular formula is C19H27N7O. The summed E-state index contributed by atoms with van der Waals surface area (Å²) in [5.41, 5.74) is 0. The molecule has 0 spiro atoms. The van der Waals surface area contributed by atoms with E-state index in [1.165, 1.54) is 0 Å². The topological polar surface area (TPSA) is 81.5 Å². The first-order valence-corrected chi connectivity index (χ1v) is 9.70. The van der Waals surface area contributed by atoms with E-state index < -0.39 is 0 Å². The van der Waals surface area contributed by atoms with Gasteiger partial charge in [0, 0.05) is 58.1 Å². The minimum absolute atomic E-state index is 0.249. The quantitative estimate of drug-likeness (QED) is 0.858. The number of rotatable bonds is 4. The highest BCUT2D eigenvalue weighted by Gasteiger charge is 2.23. The molecule has 2 aliphatic heterocycles. The highest BCUT2D eigenvalue weighted by atomic mass is 16.3. The number of piperazine rings is 1. The fourth-order valence-electron chi connectivity index (χ4n) is 3.89. The molecule has 8 heteroatoms. The molecule has 0 saturated carbocycles. The van der Waals surface area contributed by atoms with Crippen LogP contribution in [0.1, 0.15) is 18.7 Å². The standard InChI is InChI=1S/C19H27N7O/c1-15-20-5-4-17(23-15)24-7-9-25(10-8-24)18-11-19(22-14-21-18)26-6-2-3-16(12-26)13-27/h4-5,11,14,16,27H,2-3,6-10,12-13H2,1H3. The van der Waals surface area contributed by atoms with E-state index in [0.717, 1.165) is 75.4 Å². The predicted molar refractivity (Wildman–Crippen MR) is 105 cm³/mol. The van der Waals surface area contributed by atoms with Crippen LogP contribution in [-0.2, 0) is 0 Å². The first-order valence-electron chi connectivity index (χ1n) is 9.70. The number of piperidine rings is 1. The number of hydrogen-bond donors (Lipinski definition) is 1. The van der Waals surface area contributed by atoms with Crippen molar-refractivity contribution < 1.29 is 5.11 Å². The van der Waals surface area contributed by atoms with Gasteiger partial charge in [0.2, 0.25) is 0 Å². The van der Waals surface area contributed by atoms with Gasteiger partial charge in [0.25, 0.3) is 0 Å². The summed E-state index contributed by atoms with van der Waals surface area (Å²) in [7, 11) is 0. The van der Waals surface area contributed by atoms with Crippen molar-refractivity contribution in [2.75, 3.05) is 60.6 Å². The lowest BCUT2D eigenvalue weighted by molar-refractivity contribution is 0.208. The Labute approximate surface area is 159 Å². The summed E-state index contributed by atoms with van der Waals surface area (Å²) in [5, 5.41) is 9.47. The molecule has 1 unspecified atom stereocenters. The Bertz CT molecular complexity index is 763. The number of anilines is 3. The van der Waals surface area contributed by atoms with E-state index in [1.54, 1.807) is 6.33 Å².